The number of aryl methyl sites for hydroxylation is 1. The summed E-state index contributed by atoms with van der Waals surface area (Å²) in [7, 11) is 1.57. The number of aliphatic carboxylic acids is 1. The first-order valence-corrected chi connectivity index (χ1v) is 4.79. The monoisotopic (exact) mass is 243 g/mol. The molecule has 1 heterocycles. The van der Waals surface area contributed by atoms with Gasteiger partial charge in [0.15, 0.2) is 0 Å². The zero-order chi connectivity index (χ0) is 12.8. The normalized spacial score (nSPS) is 11.9. The van der Waals surface area contributed by atoms with Crippen molar-refractivity contribution in [3.63, 3.8) is 0 Å². The second kappa shape index (κ2) is 5.80. The molecular weight excluding hydrogens is 230 g/mol. The van der Waals surface area contributed by atoms with Crippen molar-refractivity contribution in [2.24, 2.45) is 7.05 Å². The minimum atomic E-state index is -1.22. The Labute approximate surface area is 96.5 Å². The second-order valence-corrected chi connectivity index (χ2v) is 3.21. The van der Waals surface area contributed by atoms with Crippen LogP contribution in [0.1, 0.15) is 6.42 Å². The molecule has 1 aromatic rings. The van der Waals surface area contributed by atoms with E-state index in [9.17, 15) is 9.59 Å². The van der Waals surface area contributed by atoms with Crippen LogP contribution in [0.25, 0.3) is 0 Å². The Morgan fingerprint density at radius 2 is 2.29 bits per heavy atom. The lowest BCUT2D eigenvalue weighted by molar-refractivity contribution is -0.139. The average molecular weight is 243 g/mol. The van der Waals surface area contributed by atoms with Gasteiger partial charge in [0, 0.05) is 20.1 Å². The number of carboxylic acids is 1. The number of carbonyl (C=O) groups excluding carboxylic acids is 1. The van der Waals surface area contributed by atoms with Gasteiger partial charge in [-0.1, -0.05) is 0 Å². The average Bonchev–Trinajstić information content (AvgIpc) is 2.63. The zero-order valence-electron chi connectivity index (χ0n) is 9.12. The van der Waals surface area contributed by atoms with Gasteiger partial charge in [-0.15, -0.1) is 0 Å². The van der Waals surface area contributed by atoms with E-state index in [1.165, 1.54) is 11.0 Å². The van der Waals surface area contributed by atoms with Crippen LogP contribution in [0.15, 0.2) is 6.33 Å². The van der Waals surface area contributed by atoms with E-state index in [2.05, 4.69) is 20.7 Å². The molecule has 1 atom stereocenters. The molecule has 0 bridgehead atoms. The molecule has 17 heavy (non-hydrogen) atoms. The summed E-state index contributed by atoms with van der Waals surface area (Å²) in [5, 5.41) is 25.6. The standard InChI is InChI=1S/C8H13N5O4/c1-13-7(9-4-10-13)12-8(17)11-5(2-3-14)6(15)16/h4-5,14H,2-3H2,1H3,(H,15,16)(H2,9,10,11,12,17)/t5-/m0/s1. The maximum atomic E-state index is 11.4. The summed E-state index contributed by atoms with van der Waals surface area (Å²) in [6, 6.07) is -1.87. The van der Waals surface area contributed by atoms with Gasteiger partial charge in [0.2, 0.25) is 5.95 Å². The molecule has 0 aliphatic heterocycles. The minimum Gasteiger partial charge on any atom is -0.480 e. The Bertz CT molecular complexity index is 404. The quantitative estimate of drug-likeness (QED) is 0.512. The van der Waals surface area contributed by atoms with Gasteiger partial charge in [-0.05, 0) is 0 Å². The molecule has 0 spiro atoms. The van der Waals surface area contributed by atoms with Crippen LogP contribution in [0, 0.1) is 0 Å². The maximum Gasteiger partial charge on any atom is 0.326 e. The van der Waals surface area contributed by atoms with Crippen LogP contribution in [-0.2, 0) is 11.8 Å². The van der Waals surface area contributed by atoms with Gasteiger partial charge in [-0.25, -0.2) is 14.3 Å². The fourth-order valence-corrected chi connectivity index (χ4v) is 1.09. The molecule has 9 heteroatoms. The van der Waals surface area contributed by atoms with Gasteiger partial charge in [0.25, 0.3) is 0 Å². The van der Waals surface area contributed by atoms with Crippen molar-refractivity contribution in [1.82, 2.24) is 20.1 Å². The number of anilines is 1. The van der Waals surface area contributed by atoms with Gasteiger partial charge in [0.1, 0.15) is 12.4 Å². The Morgan fingerprint density at radius 1 is 1.59 bits per heavy atom. The minimum absolute atomic E-state index is 0.0679. The molecule has 9 nitrogen and oxygen atoms in total. The fourth-order valence-electron chi connectivity index (χ4n) is 1.09. The Balaban J connectivity index is 2.53. The van der Waals surface area contributed by atoms with E-state index in [0.29, 0.717) is 0 Å². The Morgan fingerprint density at radius 3 is 2.76 bits per heavy atom. The molecule has 0 aliphatic rings. The number of hydrogen-bond donors (Lipinski definition) is 4. The Kier molecular flexibility index (Phi) is 4.40. The first kappa shape index (κ1) is 12.9. The predicted molar refractivity (Wildman–Crippen MR) is 56.3 cm³/mol. The molecule has 2 amide bonds. The molecule has 0 unspecified atom stereocenters. The summed E-state index contributed by atoms with van der Waals surface area (Å²) in [6.07, 6.45) is 1.18. The third-order valence-electron chi connectivity index (χ3n) is 1.96. The van der Waals surface area contributed by atoms with E-state index in [1.807, 2.05) is 0 Å². The van der Waals surface area contributed by atoms with Crippen molar-refractivity contribution in [3.05, 3.63) is 6.33 Å². The Hall–Kier alpha value is -2.16. The molecule has 0 radical (unpaired) electrons. The van der Waals surface area contributed by atoms with E-state index in [1.54, 1.807) is 7.05 Å². The smallest absolute Gasteiger partial charge is 0.326 e. The summed E-state index contributed by atoms with van der Waals surface area (Å²) >= 11 is 0. The molecule has 0 fully saturated rings. The van der Waals surface area contributed by atoms with Gasteiger partial charge in [-0.3, -0.25) is 5.32 Å². The number of aromatic nitrogens is 3. The summed E-state index contributed by atoms with van der Waals surface area (Å²) in [5.41, 5.74) is 0. The molecule has 0 saturated heterocycles. The third-order valence-corrected chi connectivity index (χ3v) is 1.96. The van der Waals surface area contributed by atoms with Gasteiger partial charge in [0.05, 0.1) is 0 Å². The SMILES string of the molecule is Cn1ncnc1NC(=O)N[C@@H](CCO)C(=O)O. The van der Waals surface area contributed by atoms with Gasteiger partial charge < -0.3 is 15.5 Å². The van der Waals surface area contributed by atoms with Crippen molar-refractivity contribution >= 4 is 17.9 Å². The summed E-state index contributed by atoms with van der Waals surface area (Å²) in [4.78, 5) is 25.8. The van der Waals surface area contributed by atoms with Gasteiger partial charge >= 0.3 is 12.0 Å². The number of nitrogens with one attached hydrogen (secondary N) is 2. The lowest BCUT2D eigenvalue weighted by atomic mass is 10.2. The highest BCUT2D eigenvalue weighted by Crippen LogP contribution is 1.98. The van der Waals surface area contributed by atoms with E-state index in [0.717, 1.165) is 0 Å². The summed E-state index contributed by atoms with van der Waals surface area (Å²) in [6.45, 7) is -0.332. The third kappa shape index (κ3) is 3.72. The van der Waals surface area contributed by atoms with Crippen LogP contribution >= 0.6 is 0 Å². The lowest BCUT2D eigenvalue weighted by Gasteiger charge is -2.13. The molecule has 0 saturated carbocycles. The summed E-state index contributed by atoms with van der Waals surface area (Å²) < 4.78 is 1.32. The van der Waals surface area contributed by atoms with Gasteiger partial charge in [-0.2, -0.15) is 10.1 Å². The number of carboxylic acid groups (broad SMARTS) is 1. The predicted octanol–water partition coefficient (Wildman–Crippen LogP) is -1.23. The fraction of sp³-hybridized carbons (Fsp3) is 0.500. The van der Waals surface area contributed by atoms with Crippen LogP contribution in [0.2, 0.25) is 0 Å². The highest BCUT2D eigenvalue weighted by atomic mass is 16.4. The molecule has 1 aromatic heterocycles. The van der Waals surface area contributed by atoms with Crippen LogP contribution < -0.4 is 10.6 Å². The molecular formula is C8H13N5O4. The largest absolute Gasteiger partial charge is 0.480 e. The van der Waals surface area contributed by atoms with Crippen molar-refractivity contribution < 1.29 is 19.8 Å². The number of aliphatic hydroxyl groups excluding tert-OH is 1. The van der Waals surface area contributed by atoms with E-state index < -0.39 is 18.0 Å². The van der Waals surface area contributed by atoms with Crippen molar-refractivity contribution in [2.45, 2.75) is 12.5 Å². The van der Waals surface area contributed by atoms with Crippen LogP contribution in [-0.4, -0.2) is 49.6 Å². The number of carbonyl (C=O) groups is 2. The molecule has 0 aliphatic carbocycles. The van der Waals surface area contributed by atoms with Crippen molar-refractivity contribution in [2.75, 3.05) is 11.9 Å². The van der Waals surface area contributed by atoms with E-state index in [4.69, 9.17) is 10.2 Å². The number of rotatable bonds is 5. The molecule has 94 valence electrons. The van der Waals surface area contributed by atoms with E-state index >= 15 is 0 Å². The highest BCUT2D eigenvalue weighted by Gasteiger charge is 2.19. The molecule has 0 aromatic carbocycles. The highest BCUT2D eigenvalue weighted by molar-refractivity contribution is 5.90. The van der Waals surface area contributed by atoms with Crippen molar-refractivity contribution in [3.8, 4) is 0 Å². The topological polar surface area (TPSA) is 129 Å². The van der Waals surface area contributed by atoms with Crippen LogP contribution in [0.3, 0.4) is 0 Å². The summed E-state index contributed by atoms with van der Waals surface area (Å²) in [5.74, 6) is -1.03. The number of hydrogen-bond acceptors (Lipinski definition) is 5. The number of nitrogens with zero attached hydrogens (tertiary/aromatic N) is 3. The number of aliphatic hydroxyl groups is 1. The van der Waals surface area contributed by atoms with Crippen LogP contribution in [0.5, 0.6) is 0 Å². The van der Waals surface area contributed by atoms with Crippen molar-refractivity contribution in [1.29, 1.82) is 0 Å². The van der Waals surface area contributed by atoms with Crippen LogP contribution in [0.4, 0.5) is 10.7 Å². The lowest BCUT2D eigenvalue weighted by Crippen LogP contribution is -2.43. The first-order valence-electron chi connectivity index (χ1n) is 4.79. The second-order valence-electron chi connectivity index (χ2n) is 3.21. The number of amides is 2. The maximum absolute atomic E-state index is 11.4. The molecule has 4 N–H and O–H groups in total. The zero-order valence-corrected chi connectivity index (χ0v) is 9.12. The first-order chi connectivity index (χ1) is 8.04. The molecule has 1 rings (SSSR count). The van der Waals surface area contributed by atoms with E-state index in [-0.39, 0.29) is 19.0 Å². The number of urea groups is 1.